The van der Waals surface area contributed by atoms with Crippen molar-refractivity contribution < 1.29 is 14.3 Å². The normalized spacial score (nSPS) is 18.6. The highest BCUT2D eigenvalue weighted by atomic mass is 16.5. The maximum Gasteiger partial charge on any atom is 0.315 e. The number of hydrogen-bond acceptors (Lipinski definition) is 3. The van der Waals surface area contributed by atoms with Crippen LogP contribution in [0.5, 0.6) is 5.75 Å². The van der Waals surface area contributed by atoms with E-state index >= 15 is 0 Å². The van der Waals surface area contributed by atoms with E-state index < -0.39 is 6.04 Å². The van der Waals surface area contributed by atoms with Gasteiger partial charge in [0.15, 0.2) is 0 Å². The Kier molecular flexibility index (Phi) is 6.46. The van der Waals surface area contributed by atoms with Crippen LogP contribution in [0.2, 0.25) is 0 Å². The van der Waals surface area contributed by atoms with Crippen LogP contribution in [0.4, 0.5) is 4.79 Å². The molecule has 1 aliphatic heterocycles. The van der Waals surface area contributed by atoms with Gasteiger partial charge >= 0.3 is 6.03 Å². The minimum atomic E-state index is -0.532. The van der Waals surface area contributed by atoms with E-state index in [2.05, 4.69) is 17.6 Å². The summed E-state index contributed by atoms with van der Waals surface area (Å²) in [5.74, 6) is 0.732. The lowest BCUT2D eigenvalue weighted by atomic mass is 10.0. The van der Waals surface area contributed by atoms with Crippen molar-refractivity contribution in [3.05, 3.63) is 29.8 Å². The molecule has 1 saturated heterocycles. The minimum absolute atomic E-state index is 0.0151. The second kappa shape index (κ2) is 8.57. The molecule has 2 rings (SSSR count). The highest BCUT2D eigenvalue weighted by molar-refractivity contribution is 5.87. The fourth-order valence-corrected chi connectivity index (χ4v) is 2.95. The predicted molar refractivity (Wildman–Crippen MR) is 92.9 cm³/mol. The fourth-order valence-electron chi connectivity index (χ4n) is 2.95. The number of nitrogens with zero attached hydrogens (tertiary/aromatic N) is 1. The third-order valence-corrected chi connectivity index (χ3v) is 4.39. The second-order valence-corrected chi connectivity index (χ2v) is 6.28. The first-order chi connectivity index (χ1) is 11.5. The number of hydrogen-bond donors (Lipinski definition) is 2. The van der Waals surface area contributed by atoms with Gasteiger partial charge < -0.3 is 20.3 Å². The van der Waals surface area contributed by atoms with E-state index in [0.29, 0.717) is 6.54 Å². The summed E-state index contributed by atoms with van der Waals surface area (Å²) in [6.45, 7) is 4.95. The van der Waals surface area contributed by atoms with Crippen LogP contribution in [0.3, 0.4) is 0 Å². The lowest BCUT2D eigenvalue weighted by Gasteiger charge is -2.35. The summed E-state index contributed by atoms with van der Waals surface area (Å²) in [4.78, 5) is 26.4. The zero-order valence-corrected chi connectivity index (χ0v) is 14.7. The largest absolute Gasteiger partial charge is 0.497 e. The summed E-state index contributed by atoms with van der Waals surface area (Å²) >= 11 is 0. The molecule has 2 atom stereocenters. The molecule has 0 radical (unpaired) electrons. The summed E-state index contributed by atoms with van der Waals surface area (Å²) in [6, 6.07) is 6.87. The van der Waals surface area contributed by atoms with Crippen molar-refractivity contribution in [2.75, 3.05) is 13.7 Å². The third kappa shape index (κ3) is 4.88. The lowest BCUT2D eigenvalue weighted by Crippen LogP contribution is -2.53. The maximum atomic E-state index is 12.5. The molecule has 3 amide bonds. The molecule has 6 nitrogen and oxygen atoms in total. The van der Waals surface area contributed by atoms with Crippen LogP contribution in [0.1, 0.15) is 38.7 Å². The molecule has 132 valence electrons. The van der Waals surface area contributed by atoms with E-state index in [1.165, 1.54) is 0 Å². The number of ether oxygens (including phenoxy) is 1. The van der Waals surface area contributed by atoms with Crippen LogP contribution in [-0.2, 0) is 11.3 Å². The van der Waals surface area contributed by atoms with Crippen LogP contribution in [0.25, 0.3) is 0 Å². The first-order valence-corrected chi connectivity index (χ1v) is 8.49. The molecule has 1 heterocycles. The van der Waals surface area contributed by atoms with Crippen molar-refractivity contribution in [3.63, 3.8) is 0 Å². The number of methoxy groups -OCH3 is 1. The number of carbonyl (C=O) groups is 2. The highest BCUT2D eigenvalue weighted by Gasteiger charge is 2.27. The summed E-state index contributed by atoms with van der Waals surface area (Å²) in [5, 5.41) is 5.50. The smallest absolute Gasteiger partial charge is 0.315 e. The molecule has 0 spiro atoms. The van der Waals surface area contributed by atoms with Crippen molar-refractivity contribution in [1.82, 2.24) is 15.5 Å². The average Bonchev–Trinajstić information content (AvgIpc) is 2.60. The van der Waals surface area contributed by atoms with Gasteiger partial charge in [-0.15, -0.1) is 0 Å². The molecule has 1 aromatic carbocycles. The predicted octanol–water partition coefficient (Wildman–Crippen LogP) is 2.28. The van der Waals surface area contributed by atoms with Crippen molar-refractivity contribution >= 4 is 11.9 Å². The lowest BCUT2D eigenvalue weighted by molar-refractivity contribution is -0.136. The van der Waals surface area contributed by atoms with Gasteiger partial charge in [-0.3, -0.25) is 4.79 Å². The average molecular weight is 333 g/mol. The molecule has 0 bridgehead atoms. The molecule has 0 saturated carbocycles. The van der Waals surface area contributed by atoms with Gasteiger partial charge in [0.25, 0.3) is 0 Å². The Hall–Kier alpha value is -2.24. The zero-order chi connectivity index (χ0) is 17.5. The van der Waals surface area contributed by atoms with Gasteiger partial charge in [0.1, 0.15) is 11.8 Å². The standard InChI is InChI=1S/C18H27N3O3/c1-13-7-4-5-10-21(13)17(22)14(2)20-18(23)19-12-15-8-6-9-16(11-15)24-3/h6,8-9,11,13-14H,4-5,7,10,12H2,1-3H3,(H2,19,20,23)/t13-,14+/m1/s1. The van der Waals surface area contributed by atoms with Crippen LogP contribution >= 0.6 is 0 Å². The van der Waals surface area contributed by atoms with Gasteiger partial charge in [0.2, 0.25) is 5.91 Å². The fraction of sp³-hybridized carbons (Fsp3) is 0.556. The van der Waals surface area contributed by atoms with Crippen LogP contribution < -0.4 is 15.4 Å². The zero-order valence-electron chi connectivity index (χ0n) is 14.7. The summed E-state index contributed by atoms with van der Waals surface area (Å²) < 4.78 is 5.16. The Morgan fingerprint density at radius 3 is 2.88 bits per heavy atom. The van der Waals surface area contributed by atoms with Crippen molar-refractivity contribution in [1.29, 1.82) is 0 Å². The number of piperidine rings is 1. The summed E-state index contributed by atoms with van der Waals surface area (Å²) in [6.07, 6.45) is 3.22. The van der Waals surface area contributed by atoms with E-state index in [-0.39, 0.29) is 18.0 Å². The van der Waals surface area contributed by atoms with E-state index in [1.807, 2.05) is 29.2 Å². The van der Waals surface area contributed by atoms with Crippen LogP contribution in [0, 0.1) is 0 Å². The molecule has 0 aromatic heterocycles. The topological polar surface area (TPSA) is 70.7 Å². The third-order valence-electron chi connectivity index (χ3n) is 4.39. The van der Waals surface area contributed by atoms with Crippen molar-refractivity contribution in [3.8, 4) is 5.75 Å². The number of carbonyl (C=O) groups excluding carboxylic acids is 2. The first-order valence-electron chi connectivity index (χ1n) is 8.49. The molecular formula is C18H27N3O3. The van der Waals surface area contributed by atoms with Gasteiger partial charge in [-0.05, 0) is 50.8 Å². The second-order valence-electron chi connectivity index (χ2n) is 6.28. The SMILES string of the molecule is COc1cccc(CNC(=O)N[C@@H](C)C(=O)N2CCCC[C@H]2C)c1. The Bertz CT molecular complexity index is 576. The van der Waals surface area contributed by atoms with Crippen molar-refractivity contribution in [2.24, 2.45) is 0 Å². The van der Waals surface area contributed by atoms with Gasteiger partial charge in [0.05, 0.1) is 7.11 Å². The van der Waals surface area contributed by atoms with Crippen LogP contribution in [0.15, 0.2) is 24.3 Å². The van der Waals surface area contributed by atoms with Gasteiger partial charge in [0, 0.05) is 19.1 Å². The molecule has 0 unspecified atom stereocenters. The van der Waals surface area contributed by atoms with E-state index in [1.54, 1.807) is 14.0 Å². The molecule has 24 heavy (non-hydrogen) atoms. The minimum Gasteiger partial charge on any atom is -0.497 e. The number of benzene rings is 1. The van der Waals surface area contributed by atoms with Gasteiger partial charge in [-0.25, -0.2) is 4.79 Å². The molecule has 2 N–H and O–H groups in total. The van der Waals surface area contributed by atoms with Crippen molar-refractivity contribution in [2.45, 2.75) is 51.7 Å². The number of rotatable bonds is 5. The Labute approximate surface area is 143 Å². The number of amides is 3. The first kappa shape index (κ1) is 18.1. The summed E-state index contributed by atoms with van der Waals surface area (Å²) in [7, 11) is 1.61. The summed E-state index contributed by atoms with van der Waals surface area (Å²) in [5.41, 5.74) is 0.938. The molecule has 1 aliphatic rings. The molecular weight excluding hydrogens is 306 g/mol. The monoisotopic (exact) mass is 333 g/mol. The Balaban J connectivity index is 1.81. The number of urea groups is 1. The highest BCUT2D eigenvalue weighted by Crippen LogP contribution is 2.17. The van der Waals surface area contributed by atoms with E-state index in [9.17, 15) is 9.59 Å². The Morgan fingerprint density at radius 1 is 1.38 bits per heavy atom. The maximum absolute atomic E-state index is 12.5. The molecule has 0 aliphatic carbocycles. The number of nitrogens with one attached hydrogen (secondary N) is 2. The van der Waals surface area contributed by atoms with Crippen LogP contribution in [-0.4, -0.2) is 42.6 Å². The quantitative estimate of drug-likeness (QED) is 0.868. The Morgan fingerprint density at radius 2 is 2.17 bits per heavy atom. The van der Waals surface area contributed by atoms with E-state index in [4.69, 9.17) is 4.74 Å². The molecule has 1 fully saturated rings. The number of likely N-dealkylation sites (tertiary alicyclic amines) is 1. The van der Waals surface area contributed by atoms with E-state index in [0.717, 1.165) is 37.1 Å². The molecule has 6 heteroatoms. The van der Waals surface area contributed by atoms with Gasteiger partial charge in [-0.2, -0.15) is 0 Å². The molecule has 1 aromatic rings. The van der Waals surface area contributed by atoms with Gasteiger partial charge in [-0.1, -0.05) is 12.1 Å².